The summed E-state index contributed by atoms with van der Waals surface area (Å²) in [5.74, 6) is 0. The number of alkyl carbamates (subject to hydrolysis) is 1. The second-order valence-electron chi connectivity index (χ2n) is 9.28. The molecule has 6 heteroatoms. The smallest absolute Gasteiger partial charge is 0.444 e. The van der Waals surface area contributed by atoms with Crippen molar-refractivity contribution in [2.24, 2.45) is 0 Å². The molecule has 1 aromatic carbocycles. The number of fused-ring (bicyclic) bond motifs is 1. The van der Waals surface area contributed by atoms with Gasteiger partial charge in [-0.1, -0.05) is 18.2 Å². The highest BCUT2D eigenvalue weighted by molar-refractivity contribution is 6.62. The molecule has 0 spiro atoms. The number of ether oxygens (including phenoxy) is 1. The van der Waals surface area contributed by atoms with Gasteiger partial charge >= 0.3 is 13.2 Å². The standard InChI is InChI=1S/C20H30BNO4/c1-18(2,3)24-17(23)22-16-11-8-13-12-14(9-10-15(13)16)21-25-19(4,5)20(6,7)26-21/h9-10,12,16H,8,11H2,1-7H3,(H,22,23). The first-order valence-corrected chi connectivity index (χ1v) is 9.36. The lowest BCUT2D eigenvalue weighted by atomic mass is 9.78. The number of nitrogens with one attached hydrogen (secondary N) is 1. The average molecular weight is 359 g/mol. The van der Waals surface area contributed by atoms with Crippen LogP contribution in [0.4, 0.5) is 4.79 Å². The second kappa shape index (κ2) is 6.27. The monoisotopic (exact) mass is 359 g/mol. The molecule has 0 aromatic heterocycles. The highest BCUT2D eigenvalue weighted by Crippen LogP contribution is 2.37. The molecule has 1 unspecified atom stereocenters. The predicted octanol–water partition coefficient (Wildman–Crippen LogP) is 3.50. The first kappa shape index (κ1) is 19.2. The van der Waals surface area contributed by atoms with E-state index in [-0.39, 0.29) is 30.5 Å². The number of aryl methyl sites for hydroxylation is 1. The van der Waals surface area contributed by atoms with E-state index in [0.29, 0.717) is 0 Å². The van der Waals surface area contributed by atoms with E-state index in [1.54, 1.807) is 0 Å². The highest BCUT2D eigenvalue weighted by atomic mass is 16.7. The summed E-state index contributed by atoms with van der Waals surface area (Å²) in [5.41, 5.74) is 2.22. The van der Waals surface area contributed by atoms with Crippen molar-refractivity contribution in [1.29, 1.82) is 0 Å². The molecule has 1 atom stereocenters. The summed E-state index contributed by atoms with van der Waals surface area (Å²) >= 11 is 0. The molecule has 1 aliphatic carbocycles. The SMILES string of the molecule is CC(C)(C)OC(=O)NC1CCc2cc(B3OC(C)(C)C(C)(C)O3)ccc21. The fraction of sp³-hybridized carbons (Fsp3) is 0.650. The van der Waals surface area contributed by atoms with Crippen LogP contribution in [-0.4, -0.2) is 30.0 Å². The molecule has 1 aliphatic heterocycles. The van der Waals surface area contributed by atoms with Crippen LogP contribution >= 0.6 is 0 Å². The molecular formula is C20H30BNO4. The molecule has 3 rings (SSSR count). The van der Waals surface area contributed by atoms with Crippen molar-refractivity contribution in [3.63, 3.8) is 0 Å². The van der Waals surface area contributed by atoms with Crippen molar-refractivity contribution in [2.45, 2.75) is 84.2 Å². The van der Waals surface area contributed by atoms with Gasteiger partial charge in [0.25, 0.3) is 0 Å². The number of hydrogen-bond acceptors (Lipinski definition) is 4. The predicted molar refractivity (Wildman–Crippen MR) is 103 cm³/mol. The van der Waals surface area contributed by atoms with Crippen LogP contribution in [0, 0.1) is 0 Å². The number of carbonyl (C=O) groups excluding carboxylic acids is 1. The third-order valence-corrected chi connectivity index (χ3v) is 5.46. The third-order valence-electron chi connectivity index (χ3n) is 5.46. The summed E-state index contributed by atoms with van der Waals surface area (Å²) in [6.45, 7) is 13.8. The van der Waals surface area contributed by atoms with Gasteiger partial charge in [0.05, 0.1) is 17.2 Å². The molecule has 26 heavy (non-hydrogen) atoms. The Morgan fingerprint density at radius 2 is 1.81 bits per heavy atom. The van der Waals surface area contributed by atoms with Gasteiger partial charge in [0.2, 0.25) is 0 Å². The zero-order chi connectivity index (χ0) is 19.3. The molecule has 0 radical (unpaired) electrons. The second-order valence-corrected chi connectivity index (χ2v) is 9.28. The van der Waals surface area contributed by atoms with E-state index in [9.17, 15) is 4.79 Å². The van der Waals surface area contributed by atoms with E-state index in [4.69, 9.17) is 14.0 Å². The lowest BCUT2D eigenvalue weighted by Crippen LogP contribution is -2.41. The van der Waals surface area contributed by atoms with E-state index in [0.717, 1.165) is 23.9 Å². The Kier molecular flexibility index (Phi) is 4.64. The Labute approximate surface area is 156 Å². The van der Waals surface area contributed by atoms with Gasteiger partial charge in [0.15, 0.2) is 0 Å². The fourth-order valence-electron chi connectivity index (χ4n) is 3.36. The maximum absolute atomic E-state index is 12.1. The Bertz CT molecular complexity index is 692. The van der Waals surface area contributed by atoms with Crippen LogP contribution in [-0.2, 0) is 20.5 Å². The van der Waals surface area contributed by atoms with Crippen molar-refractivity contribution in [1.82, 2.24) is 5.32 Å². The molecule has 1 aromatic rings. The summed E-state index contributed by atoms with van der Waals surface area (Å²) in [4.78, 5) is 12.1. The lowest BCUT2D eigenvalue weighted by Gasteiger charge is -2.32. The summed E-state index contributed by atoms with van der Waals surface area (Å²) in [6.07, 6.45) is 1.43. The Morgan fingerprint density at radius 3 is 2.38 bits per heavy atom. The lowest BCUT2D eigenvalue weighted by molar-refractivity contribution is 0.00578. The summed E-state index contributed by atoms with van der Waals surface area (Å²) in [6, 6.07) is 6.25. The molecule has 5 nitrogen and oxygen atoms in total. The van der Waals surface area contributed by atoms with Crippen LogP contribution in [0.3, 0.4) is 0 Å². The maximum Gasteiger partial charge on any atom is 0.494 e. The van der Waals surface area contributed by atoms with E-state index >= 15 is 0 Å². The first-order chi connectivity index (χ1) is 11.9. The van der Waals surface area contributed by atoms with Crippen molar-refractivity contribution < 1.29 is 18.8 Å². The summed E-state index contributed by atoms with van der Waals surface area (Å²) in [5, 5.41) is 2.98. The molecule has 0 bridgehead atoms. The normalized spacial score (nSPS) is 23.7. The Balaban J connectivity index is 1.72. The summed E-state index contributed by atoms with van der Waals surface area (Å²) < 4.78 is 17.7. The first-order valence-electron chi connectivity index (χ1n) is 9.36. The molecule has 1 fully saturated rings. The zero-order valence-corrected chi connectivity index (χ0v) is 16.9. The molecule has 2 aliphatic rings. The van der Waals surface area contributed by atoms with Crippen LogP contribution in [0.5, 0.6) is 0 Å². The van der Waals surface area contributed by atoms with Crippen molar-refractivity contribution >= 4 is 18.7 Å². The Morgan fingerprint density at radius 1 is 1.19 bits per heavy atom. The number of amides is 1. The average Bonchev–Trinajstić information content (AvgIpc) is 2.95. The largest absolute Gasteiger partial charge is 0.494 e. The van der Waals surface area contributed by atoms with Gasteiger partial charge in [-0.3, -0.25) is 0 Å². The number of carbonyl (C=O) groups is 1. The van der Waals surface area contributed by atoms with Crippen LogP contribution in [0.1, 0.15) is 72.1 Å². The van der Waals surface area contributed by atoms with Crippen LogP contribution < -0.4 is 10.8 Å². The van der Waals surface area contributed by atoms with Crippen LogP contribution in [0.25, 0.3) is 0 Å². The van der Waals surface area contributed by atoms with E-state index < -0.39 is 5.60 Å². The Hall–Kier alpha value is -1.53. The van der Waals surface area contributed by atoms with E-state index in [1.165, 1.54) is 5.56 Å². The zero-order valence-electron chi connectivity index (χ0n) is 16.9. The molecule has 1 N–H and O–H groups in total. The van der Waals surface area contributed by atoms with Crippen molar-refractivity contribution in [3.05, 3.63) is 29.3 Å². The maximum atomic E-state index is 12.1. The number of hydrogen-bond donors (Lipinski definition) is 1. The molecule has 1 amide bonds. The molecular weight excluding hydrogens is 329 g/mol. The van der Waals surface area contributed by atoms with Gasteiger partial charge in [-0.15, -0.1) is 0 Å². The van der Waals surface area contributed by atoms with Crippen LogP contribution in [0.2, 0.25) is 0 Å². The fourth-order valence-corrected chi connectivity index (χ4v) is 3.36. The van der Waals surface area contributed by atoms with Gasteiger partial charge < -0.3 is 19.4 Å². The molecule has 1 saturated heterocycles. The van der Waals surface area contributed by atoms with Gasteiger partial charge in [-0.25, -0.2) is 4.79 Å². The van der Waals surface area contributed by atoms with Gasteiger partial charge in [-0.05, 0) is 77.9 Å². The van der Waals surface area contributed by atoms with Crippen molar-refractivity contribution in [2.75, 3.05) is 0 Å². The minimum atomic E-state index is -0.494. The number of benzene rings is 1. The minimum Gasteiger partial charge on any atom is -0.444 e. The molecule has 0 saturated carbocycles. The topological polar surface area (TPSA) is 56.8 Å². The number of rotatable bonds is 2. The summed E-state index contributed by atoms with van der Waals surface area (Å²) in [7, 11) is -0.358. The highest BCUT2D eigenvalue weighted by Gasteiger charge is 2.51. The van der Waals surface area contributed by atoms with Gasteiger partial charge in [-0.2, -0.15) is 0 Å². The minimum absolute atomic E-state index is 0.00723. The van der Waals surface area contributed by atoms with Crippen LogP contribution in [0.15, 0.2) is 18.2 Å². The molecule has 1 heterocycles. The third kappa shape index (κ3) is 3.76. The van der Waals surface area contributed by atoms with E-state index in [2.05, 4.69) is 45.1 Å². The quantitative estimate of drug-likeness (QED) is 0.822. The van der Waals surface area contributed by atoms with Crippen molar-refractivity contribution in [3.8, 4) is 0 Å². The van der Waals surface area contributed by atoms with Gasteiger partial charge in [0.1, 0.15) is 5.60 Å². The van der Waals surface area contributed by atoms with Gasteiger partial charge in [0, 0.05) is 0 Å². The molecule has 142 valence electrons. The van der Waals surface area contributed by atoms with E-state index in [1.807, 2.05) is 26.8 Å².